The Labute approximate surface area is 222 Å². The molecule has 1 unspecified atom stereocenters. The molecule has 37 heavy (non-hydrogen) atoms. The third kappa shape index (κ3) is 4.77. The van der Waals surface area contributed by atoms with Gasteiger partial charge >= 0.3 is 0 Å². The molecule has 1 atom stereocenters. The molecule has 0 N–H and O–H groups in total. The summed E-state index contributed by atoms with van der Waals surface area (Å²) in [5, 5.41) is 0. The van der Waals surface area contributed by atoms with E-state index in [9.17, 15) is 0 Å². The number of hydrogen-bond acceptors (Lipinski definition) is 5. The standard InChI is InChI=1S/C32H40N2O3/c1-21-8-10-25(11-9-21)20-36-31-28-24(4)29(22(2)23(3)30(28)37-32(31,5)6)34-18-16-33(17-19-34)26-12-14-27(35-7)15-13-26/h8-15,31H,16-20H2,1-7H3. The van der Waals surface area contributed by atoms with Crippen molar-refractivity contribution >= 4 is 11.4 Å². The summed E-state index contributed by atoms with van der Waals surface area (Å²) < 4.78 is 18.5. The molecule has 196 valence electrons. The molecule has 0 spiro atoms. The van der Waals surface area contributed by atoms with E-state index in [1.54, 1.807) is 7.11 Å². The van der Waals surface area contributed by atoms with E-state index in [1.165, 1.54) is 44.8 Å². The topological polar surface area (TPSA) is 34.2 Å². The molecule has 5 heteroatoms. The van der Waals surface area contributed by atoms with Gasteiger partial charge in [0.1, 0.15) is 23.2 Å². The van der Waals surface area contributed by atoms with E-state index in [1.807, 2.05) is 12.1 Å². The first-order valence-electron chi connectivity index (χ1n) is 13.3. The lowest BCUT2D eigenvalue weighted by Crippen LogP contribution is -2.47. The first-order valence-corrected chi connectivity index (χ1v) is 13.3. The van der Waals surface area contributed by atoms with Crippen LogP contribution in [0.5, 0.6) is 11.5 Å². The smallest absolute Gasteiger partial charge is 0.134 e. The Bertz CT molecular complexity index is 1260. The largest absolute Gasteiger partial charge is 0.497 e. The van der Waals surface area contributed by atoms with E-state index >= 15 is 0 Å². The van der Waals surface area contributed by atoms with Crippen molar-refractivity contribution in [3.05, 3.63) is 81.9 Å². The van der Waals surface area contributed by atoms with Crippen molar-refractivity contribution in [1.82, 2.24) is 0 Å². The minimum Gasteiger partial charge on any atom is -0.497 e. The summed E-state index contributed by atoms with van der Waals surface area (Å²) in [5.74, 6) is 1.90. The Hall–Kier alpha value is -3.18. The van der Waals surface area contributed by atoms with Gasteiger partial charge in [-0.1, -0.05) is 29.8 Å². The first kappa shape index (κ1) is 25.5. The van der Waals surface area contributed by atoms with Gasteiger partial charge in [0.2, 0.25) is 0 Å². The summed E-state index contributed by atoms with van der Waals surface area (Å²) in [6.45, 7) is 17.6. The van der Waals surface area contributed by atoms with Gasteiger partial charge in [-0.25, -0.2) is 0 Å². The molecular formula is C32H40N2O3. The van der Waals surface area contributed by atoms with Gasteiger partial charge in [-0.15, -0.1) is 0 Å². The third-order valence-corrected chi connectivity index (χ3v) is 8.09. The van der Waals surface area contributed by atoms with Gasteiger partial charge in [0.25, 0.3) is 0 Å². The van der Waals surface area contributed by atoms with Crippen molar-refractivity contribution < 1.29 is 14.2 Å². The van der Waals surface area contributed by atoms with Crippen molar-refractivity contribution in [2.45, 2.75) is 59.9 Å². The highest BCUT2D eigenvalue weighted by atomic mass is 16.6. The molecule has 0 saturated carbocycles. The van der Waals surface area contributed by atoms with Crippen LogP contribution in [0.3, 0.4) is 0 Å². The van der Waals surface area contributed by atoms with Gasteiger partial charge in [-0.3, -0.25) is 0 Å². The number of ether oxygens (including phenoxy) is 3. The highest BCUT2D eigenvalue weighted by Crippen LogP contribution is 2.52. The molecule has 3 aromatic rings. The number of aryl methyl sites for hydroxylation is 1. The quantitative estimate of drug-likeness (QED) is 0.377. The lowest BCUT2D eigenvalue weighted by Gasteiger charge is -2.39. The second-order valence-electron chi connectivity index (χ2n) is 11.0. The maximum atomic E-state index is 6.62. The average molecular weight is 501 g/mol. The molecule has 3 aromatic carbocycles. The average Bonchev–Trinajstić information content (AvgIpc) is 3.18. The summed E-state index contributed by atoms with van der Waals surface area (Å²) in [6.07, 6.45) is -0.123. The van der Waals surface area contributed by atoms with Crippen molar-refractivity contribution in [3.8, 4) is 11.5 Å². The Morgan fingerprint density at radius 2 is 1.43 bits per heavy atom. The normalized spacial score (nSPS) is 18.5. The van der Waals surface area contributed by atoms with E-state index in [-0.39, 0.29) is 6.10 Å². The maximum absolute atomic E-state index is 6.62. The van der Waals surface area contributed by atoms with Crippen LogP contribution >= 0.6 is 0 Å². The monoisotopic (exact) mass is 500 g/mol. The predicted molar refractivity (Wildman–Crippen MR) is 151 cm³/mol. The summed E-state index contributed by atoms with van der Waals surface area (Å²) in [6, 6.07) is 17.0. The molecule has 0 aliphatic carbocycles. The van der Waals surface area contributed by atoms with E-state index in [2.05, 4.69) is 87.7 Å². The number of methoxy groups -OCH3 is 1. The number of anilines is 2. The lowest BCUT2D eigenvalue weighted by molar-refractivity contribution is -0.0600. The Morgan fingerprint density at radius 3 is 2.05 bits per heavy atom. The number of benzene rings is 3. The summed E-state index contributed by atoms with van der Waals surface area (Å²) in [5.41, 5.74) is 9.65. The van der Waals surface area contributed by atoms with Crippen molar-refractivity contribution in [1.29, 1.82) is 0 Å². The molecule has 0 radical (unpaired) electrons. The second-order valence-corrected chi connectivity index (χ2v) is 11.0. The van der Waals surface area contributed by atoms with Crippen LogP contribution in [0, 0.1) is 27.7 Å². The fourth-order valence-electron chi connectivity index (χ4n) is 5.84. The first-order chi connectivity index (χ1) is 17.7. The van der Waals surface area contributed by atoms with Crippen LogP contribution in [-0.2, 0) is 11.3 Å². The minimum absolute atomic E-state index is 0.123. The molecule has 1 saturated heterocycles. The van der Waals surface area contributed by atoms with E-state index in [0.29, 0.717) is 6.61 Å². The molecule has 5 rings (SSSR count). The van der Waals surface area contributed by atoms with E-state index in [0.717, 1.165) is 37.7 Å². The van der Waals surface area contributed by atoms with Gasteiger partial charge in [0, 0.05) is 43.1 Å². The minimum atomic E-state index is -0.430. The number of fused-ring (bicyclic) bond motifs is 1. The fraction of sp³-hybridized carbons (Fsp3) is 0.438. The van der Waals surface area contributed by atoms with Crippen molar-refractivity contribution in [3.63, 3.8) is 0 Å². The summed E-state index contributed by atoms with van der Waals surface area (Å²) in [4.78, 5) is 5.01. The molecule has 2 aliphatic heterocycles. The van der Waals surface area contributed by atoms with Gasteiger partial charge < -0.3 is 24.0 Å². The maximum Gasteiger partial charge on any atom is 0.134 e. The van der Waals surface area contributed by atoms with Crippen molar-refractivity contribution in [2.24, 2.45) is 0 Å². The van der Waals surface area contributed by atoms with E-state index in [4.69, 9.17) is 14.2 Å². The molecule has 2 aliphatic rings. The molecule has 5 nitrogen and oxygen atoms in total. The van der Waals surface area contributed by atoms with Crippen molar-refractivity contribution in [2.75, 3.05) is 43.1 Å². The van der Waals surface area contributed by atoms with Crippen LogP contribution < -0.4 is 19.3 Å². The van der Waals surface area contributed by atoms with Crippen LogP contribution in [0.15, 0.2) is 48.5 Å². The fourth-order valence-corrected chi connectivity index (χ4v) is 5.84. The number of rotatable bonds is 6. The zero-order chi connectivity index (χ0) is 26.3. The number of hydrogen-bond donors (Lipinski definition) is 0. The van der Waals surface area contributed by atoms with Gasteiger partial charge in [-0.05, 0) is 88.1 Å². The molecule has 0 amide bonds. The highest BCUT2D eigenvalue weighted by molar-refractivity contribution is 5.71. The van der Waals surface area contributed by atoms with Gasteiger partial charge in [0.15, 0.2) is 0 Å². The van der Waals surface area contributed by atoms with Crippen LogP contribution in [-0.4, -0.2) is 38.9 Å². The molecule has 0 bridgehead atoms. The van der Waals surface area contributed by atoms with Gasteiger partial charge in [-0.2, -0.15) is 0 Å². The Kier molecular flexibility index (Phi) is 6.84. The van der Waals surface area contributed by atoms with Crippen LogP contribution in [0.25, 0.3) is 0 Å². The second kappa shape index (κ2) is 9.94. The van der Waals surface area contributed by atoms with Gasteiger partial charge in [0.05, 0.1) is 13.7 Å². The SMILES string of the molecule is COc1ccc(N2CCN(c3c(C)c(C)c4c(c3C)C(OCc3ccc(C)cc3)C(C)(C)O4)CC2)cc1. The zero-order valence-electron chi connectivity index (χ0n) is 23.4. The predicted octanol–water partition coefficient (Wildman–Crippen LogP) is 6.68. The number of piperazine rings is 1. The Balaban J connectivity index is 1.40. The highest BCUT2D eigenvalue weighted by Gasteiger charge is 2.45. The zero-order valence-corrected chi connectivity index (χ0v) is 23.4. The van der Waals surface area contributed by atoms with Crippen LogP contribution in [0.2, 0.25) is 0 Å². The summed E-state index contributed by atoms with van der Waals surface area (Å²) in [7, 11) is 1.71. The Morgan fingerprint density at radius 1 is 0.811 bits per heavy atom. The summed E-state index contributed by atoms with van der Waals surface area (Å²) >= 11 is 0. The molecule has 0 aromatic heterocycles. The van der Waals surface area contributed by atoms with E-state index < -0.39 is 5.60 Å². The lowest BCUT2D eigenvalue weighted by atomic mass is 9.89. The molecular weight excluding hydrogens is 460 g/mol. The third-order valence-electron chi connectivity index (χ3n) is 8.09. The van der Waals surface area contributed by atoms with Crippen LogP contribution in [0.4, 0.5) is 11.4 Å². The molecule has 1 fully saturated rings. The molecule has 2 heterocycles. The number of nitrogens with zero attached hydrogens (tertiary/aromatic N) is 2. The van der Waals surface area contributed by atoms with Crippen LogP contribution in [0.1, 0.15) is 53.3 Å².